The van der Waals surface area contributed by atoms with Gasteiger partial charge < -0.3 is 10.4 Å². The molecule has 0 saturated heterocycles. The summed E-state index contributed by atoms with van der Waals surface area (Å²) >= 11 is 0. The van der Waals surface area contributed by atoms with Crippen LogP contribution in [0.3, 0.4) is 0 Å². The minimum absolute atomic E-state index is 0.00225. The molecule has 1 aromatic rings. The molecular formula is C15H18N6O3. The first-order chi connectivity index (χ1) is 11.5. The summed E-state index contributed by atoms with van der Waals surface area (Å²) in [6.45, 7) is 0.518. The van der Waals surface area contributed by atoms with Gasteiger partial charge in [0.2, 0.25) is 5.91 Å². The number of nitrogens with one attached hydrogen (secondary N) is 1. The first-order valence-electron chi connectivity index (χ1n) is 7.83. The SMILES string of the molecule is C#CCCC1(CCNC(=O)C2CC(n3cc(C(=O)O)nn3)C2)N=N1. The first-order valence-corrected chi connectivity index (χ1v) is 7.83. The van der Waals surface area contributed by atoms with Crippen LogP contribution in [0.4, 0.5) is 0 Å². The van der Waals surface area contributed by atoms with E-state index in [-0.39, 0.29) is 29.2 Å². The van der Waals surface area contributed by atoms with Gasteiger partial charge in [-0.2, -0.15) is 10.2 Å². The van der Waals surface area contributed by atoms with E-state index in [4.69, 9.17) is 11.5 Å². The van der Waals surface area contributed by atoms with Crippen LogP contribution in [0.2, 0.25) is 0 Å². The molecule has 1 aliphatic carbocycles. The van der Waals surface area contributed by atoms with Crippen LogP contribution in [0.5, 0.6) is 0 Å². The number of carbonyl (C=O) groups excluding carboxylic acids is 1. The molecule has 0 unspecified atom stereocenters. The molecule has 2 aliphatic rings. The topological polar surface area (TPSA) is 122 Å². The van der Waals surface area contributed by atoms with Crippen LogP contribution in [0.25, 0.3) is 0 Å². The molecular weight excluding hydrogens is 312 g/mol. The number of carboxylic acid groups (broad SMARTS) is 1. The second-order valence-electron chi connectivity index (χ2n) is 6.14. The van der Waals surface area contributed by atoms with Gasteiger partial charge >= 0.3 is 5.97 Å². The van der Waals surface area contributed by atoms with E-state index in [2.05, 4.69) is 31.8 Å². The van der Waals surface area contributed by atoms with Crippen molar-refractivity contribution in [2.45, 2.75) is 43.8 Å². The molecule has 2 N–H and O–H groups in total. The van der Waals surface area contributed by atoms with E-state index in [1.165, 1.54) is 10.9 Å². The van der Waals surface area contributed by atoms with Gasteiger partial charge in [-0.05, 0) is 12.8 Å². The maximum absolute atomic E-state index is 12.1. The third-order valence-corrected chi connectivity index (χ3v) is 4.46. The number of amides is 1. The third-order valence-electron chi connectivity index (χ3n) is 4.46. The molecule has 1 aliphatic heterocycles. The fraction of sp³-hybridized carbons (Fsp3) is 0.600. The lowest BCUT2D eigenvalue weighted by Gasteiger charge is -2.33. The van der Waals surface area contributed by atoms with Crippen molar-refractivity contribution in [3.63, 3.8) is 0 Å². The van der Waals surface area contributed by atoms with Crippen LogP contribution >= 0.6 is 0 Å². The highest BCUT2D eigenvalue weighted by Crippen LogP contribution is 2.38. The molecule has 1 aromatic heterocycles. The molecule has 1 amide bonds. The number of carbonyl (C=O) groups is 2. The molecule has 126 valence electrons. The van der Waals surface area contributed by atoms with Gasteiger partial charge in [0.05, 0.1) is 12.2 Å². The number of aromatic carboxylic acids is 1. The molecule has 9 heteroatoms. The summed E-state index contributed by atoms with van der Waals surface area (Å²) in [6, 6.07) is 0.0248. The van der Waals surface area contributed by atoms with Gasteiger partial charge in [0.15, 0.2) is 11.4 Å². The standard InChI is InChI=1S/C15H18N6O3/c1-2-3-4-15(18-19-15)5-6-16-13(22)10-7-11(8-10)21-9-12(14(23)24)17-20-21/h1,9-11H,3-8H2,(H,16,22)(H,23,24). The van der Waals surface area contributed by atoms with Gasteiger partial charge in [0.1, 0.15) is 0 Å². The van der Waals surface area contributed by atoms with Gasteiger partial charge in [0, 0.05) is 31.7 Å². The molecule has 24 heavy (non-hydrogen) atoms. The van der Waals surface area contributed by atoms with Crippen LogP contribution in [0.15, 0.2) is 16.4 Å². The van der Waals surface area contributed by atoms with Gasteiger partial charge in [-0.1, -0.05) is 5.21 Å². The van der Waals surface area contributed by atoms with Crippen molar-refractivity contribution < 1.29 is 14.7 Å². The van der Waals surface area contributed by atoms with Gasteiger partial charge in [-0.3, -0.25) is 4.79 Å². The quantitative estimate of drug-likeness (QED) is 0.689. The van der Waals surface area contributed by atoms with Crippen LogP contribution in [-0.2, 0) is 4.79 Å². The number of terminal acetylenes is 1. The Bertz CT molecular complexity index is 707. The molecule has 0 atom stereocenters. The van der Waals surface area contributed by atoms with Gasteiger partial charge in [-0.15, -0.1) is 17.4 Å². The van der Waals surface area contributed by atoms with E-state index >= 15 is 0 Å². The Hall–Kier alpha value is -2.76. The summed E-state index contributed by atoms with van der Waals surface area (Å²) in [7, 11) is 0. The van der Waals surface area contributed by atoms with E-state index in [0.717, 1.165) is 6.42 Å². The monoisotopic (exact) mass is 330 g/mol. The normalized spacial score (nSPS) is 23.1. The third kappa shape index (κ3) is 3.42. The molecule has 0 radical (unpaired) electrons. The number of carboxylic acids is 1. The highest BCUT2D eigenvalue weighted by molar-refractivity contribution is 5.84. The minimum Gasteiger partial charge on any atom is -0.476 e. The van der Waals surface area contributed by atoms with E-state index in [1.54, 1.807) is 0 Å². The van der Waals surface area contributed by atoms with Gasteiger partial charge in [0.25, 0.3) is 0 Å². The van der Waals surface area contributed by atoms with E-state index < -0.39 is 5.97 Å². The summed E-state index contributed by atoms with van der Waals surface area (Å²) in [5.74, 6) is 1.38. The molecule has 0 bridgehead atoms. The molecule has 1 saturated carbocycles. The number of hydrogen-bond donors (Lipinski definition) is 2. The fourth-order valence-corrected chi connectivity index (χ4v) is 2.77. The Kier molecular flexibility index (Phi) is 4.29. The molecule has 3 rings (SSSR count). The van der Waals surface area contributed by atoms with Crippen molar-refractivity contribution in [1.29, 1.82) is 0 Å². The summed E-state index contributed by atoms with van der Waals surface area (Å²) in [5.41, 5.74) is -0.465. The van der Waals surface area contributed by atoms with Crippen molar-refractivity contribution in [1.82, 2.24) is 20.3 Å². The number of hydrogen-bond acceptors (Lipinski definition) is 6. The smallest absolute Gasteiger partial charge is 0.358 e. The van der Waals surface area contributed by atoms with E-state index in [0.29, 0.717) is 32.2 Å². The Morgan fingerprint density at radius 2 is 2.17 bits per heavy atom. The van der Waals surface area contributed by atoms with Crippen LogP contribution < -0.4 is 5.32 Å². The average Bonchev–Trinajstić information content (AvgIpc) is 3.09. The van der Waals surface area contributed by atoms with Crippen molar-refractivity contribution in [3.05, 3.63) is 11.9 Å². The largest absolute Gasteiger partial charge is 0.476 e. The lowest BCUT2D eigenvalue weighted by Crippen LogP contribution is -2.40. The zero-order chi connectivity index (χ0) is 17.2. The second kappa shape index (κ2) is 6.39. The zero-order valence-electron chi connectivity index (χ0n) is 13.1. The fourth-order valence-electron chi connectivity index (χ4n) is 2.77. The highest BCUT2D eigenvalue weighted by Gasteiger charge is 2.40. The predicted octanol–water partition coefficient (Wildman–Crippen LogP) is 1.01. The first kappa shape index (κ1) is 16.1. The van der Waals surface area contributed by atoms with Crippen molar-refractivity contribution >= 4 is 11.9 Å². The van der Waals surface area contributed by atoms with Crippen LogP contribution in [0, 0.1) is 18.3 Å². The Morgan fingerprint density at radius 3 is 2.75 bits per heavy atom. The summed E-state index contributed by atoms with van der Waals surface area (Å²) in [5, 5.41) is 27.2. The lowest BCUT2D eigenvalue weighted by molar-refractivity contribution is -0.128. The predicted molar refractivity (Wildman–Crippen MR) is 82.0 cm³/mol. The van der Waals surface area contributed by atoms with Gasteiger partial charge in [-0.25, -0.2) is 9.48 Å². The lowest BCUT2D eigenvalue weighted by atomic mass is 9.79. The minimum atomic E-state index is -1.11. The summed E-state index contributed by atoms with van der Waals surface area (Å²) in [4.78, 5) is 22.9. The number of rotatable bonds is 8. The van der Waals surface area contributed by atoms with Crippen molar-refractivity contribution in [3.8, 4) is 12.3 Å². The average molecular weight is 330 g/mol. The second-order valence-corrected chi connectivity index (χ2v) is 6.14. The van der Waals surface area contributed by atoms with Crippen LogP contribution in [0.1, 0.15) is 48.6 Å². The molecule has 0 aromatic carbocycles. The molecule has 1 fully saturated rings. The maximum Gasteiger partial charge on any atom is 0.358 e. The molecule has 2 heterocycles. The molecule has 0 spiro atoms. The Morgan fingerprint density at radius 1 is 1.42 bits per heavy atom. The Labute approximate surface area is 138 Å². The van der Waals surface area contributed by atoms with E-state index in [9.17, 15) is 9.59 Å². The summed E-state index contributed by atoms with van der Waals surface area (Å²) < 4.78 is 1.52. The Balaban J connectivity index is 1.37. The van der Waals surface area contributed by atoms with Crippen molar-refractivity contribution in [2.75, 3.05) is 6.54 Å². The highest BCUT2D eigenvalue weighted by atomic mass is 16.4. The number of nitrogens with zero attached hydrogens (tertiary/aromatic N) is 5. The van der Waals surface area contributed by atoms with E-state index in [1.807, 2.05) is 0 Å². The zero-order valence-corrected chi connectivity index (χ0v) is 13.1. The van der Waals surface area contributed by atoms with Crippen LogP contribution in [-0.4, -0.2) is 44.2 Å². The summed E-state index contributed by atoms with van der Waals surface area (Å²) in [6.07, 6.45) is 9.91. The number of aromatic nitrogens is 3. The molecule has 9 nitrogen and oxygen atoms in total. The van der Waals surface area contributed by atoms with Crippen molar-refractivity contribution in [2.24, 2.45) is 16.1 Å². The maximum atomic E-state index is 12.1.